The fourth-order valence-electron chi connectivity index (χ4n) is 4.01. The summed E-state index contributed by atoms with van der Waals surface area (Å²) < 4.78 is 14.7. The standard InChI is InChI=1S/C23H25FN4O3/c1-26-10-4-11-27(14-13-26)20-8-7-16(15-19(20)24)25-21(29)9-12-28-22(30)17-5-2-3-6-18(17)23(28)31/h2-3,5-8,15H,4,9-14H2,1H3,(H,25,29). The second kappa shape index (κ2) is 8.85. The minimum atomic E-state index is -0.396. The molecule has 8 heteroatoms. The van der Waals surface area contributed by atoms with Crippen LogP contribution in [-0.2, 0) is 4.79 Å². The van der Waals surface area contributed by atoms with Crippen LogP contribution in [-0.4, -0.2) is 67.3 Å². The van der Waals surface area contributed by atoms with Crippen LogP contribution in [0.1, 0.15) is 33.6 Å². The Morgan fingerprint density at radius 3 is 2.39 bits per heavy atom. The number of hydrogen-bond donors (Lipinski definition) is 1. The monoisotopic (exact) mass is 424 g/mol. The maximum absolute atomic E-state index is 14.7. The molecule has 0 aromatic heterocycles. The van der Waals surface area contributed by atoms with Crippen LogP contribution in [0.15, 0.2) is 42.5 Å². The van der Waals surface area contributed by atoms with Gasteiger partial charge in [-0.2, -0.15) is 0 Å². The van der Waals surface area contributed by atoms with Gasteiger partial charge in [-0.1, -0.05) is 12.1 Å². The maximum atomic E-state index is 14.7. The van der Waals surface area contributed by atoms with Crippen molar-refractivity contribution in [3.05, 3.63) is 59.4 Å². The number of hydrogen-bond acceptors (Lipinski definition) is 5. The smallest absolute Gasteiger partial charge is 0.261 e. The largest absolute Gasteiger partial charge is 0.368 e. The third-order valence-electron chi connectivity index (χ3n) is 5.73. The van der Waals surface area contributed by atoms with Crippen molar-refractivity contribution in [1.82, 2.24) is 9.80 Å². The molecule has 0 unspecified atom stereocenters. The van der Waals surface area contributed by atoms with E-state index in [1.807, 2.05) is 4.90 Å². The van der Waals surface area contributed by atoms with Gasteiger partial charge in [-0.15, -0.1) is 0 Å². The Hall–Kier alpha value is -3.26. The highest BCUT2D eigenvalue weighted by Crippen LogP contribution is 2.25. The van der Waals surface area contributed by atoms with E-state index in [0.29, 0.717) is 22.5 Å². The van der Waals surface area contributed by atoms with E-state index in [2.05, 4.69) is 17.3 Å². The second-order valence-corrected chi connectivity index (χ2v) is 7.92. The van der Waals surface area contributed by atoms with Crippen molar-refractivity contribution in [2.24, 2.45) is 0 Å². The number of nitrogens with one attached hydrogen (secondary N) is 1. The fraction of sp³-hybridized carbons (Fsp3) is 0.348. The first-order chi connectivity index (χ1) is 14.9. The molecule has 162 valence electrons. The van der Waals surface area contributed by atoms with Crippen LogP contribution in [0.25, 0.3) is 0 Å². The molecule has 0 aliphatic carbocycles. The van der Waals surface area contributed by atoms with Crippen LogP contribution in [0, 0.1) is 5.82 Å². The molecule has 0 saturated carbocycles. The maximum Gasteiger partial charge on any atom is 0.261 e. The summed E-state index contributed by atoms with van der Waals surface area (Å²) in [6, 6.07) is 11.3. The van der Waals surface area contributed by atoms with Gasteiger partial charge in [0.1, 0.15) is 5.82 Å². The number of anilines is 2. The molecule has 0 spiro atoms. The first kappa shape index (κ1) is 21.0. The van der Waals surface area contributed by atoms with Gasteiger partial charge in [0.15, 0.2) is 0 Å². The fourth-order valence-corrected chi connectivity index (χ4v) is 4.01. The zero-order chi connectivity index (χ0) is 22.0. The molecule has 7 nitrogen and oxygen atoms in total. The van der Waals surface area contributed by atoms with Gasteiger partial charge in [0.25, 0.3) is 11.8 Å². The third kappa shape index (κ3) is 4.44. The minimum Gasteiger partial charge on any atom is -0.368 e. The molecular weight excluding hydrogens is 399 g/mol. The molecule has 0 atom stereocenters. The summed E-state index contributed by atoms with van der Waals surface area (Å²) in [5.41, 5.74) is 1.58. The van der Waals surface area contributed by atoms with E-state index in [1.165, 1.54) is 6.07 Å². The van der Waals surface area contributed by atoms with Crippen molar-refractivity contribution in [1.29, 1.82) is 0 Å². The van der Waals surface area contributed by atoms with E-state index in [0.717, 1.165) is 37.5 Å². The lowest BCUT2D eigenvalue weighted by Crippen LogP contribution is -2.33. The van der Waals surface area contributed by atoms with Crippen LogP contribution >= 0.6 is 0 Å². The van der Waals surface area contributed by atoms with E-state index < -0.39 is 11.8 Å². The number of rotatable bonds is 5. The highest BCUT2D eigenvalue weighted by atomic mass is 19.1. The lowest BCUT2D eigenvalue weighted by atomic mass is 10.1. The number of halogens is 1. The van der Waals surface area contributed by atoms with Gasteiger partial charge in [0, 0.05) is 38.3 Å². The van der Waals surface area contributed by atoms with Crippen molar-refractivity contribution in [2.75, 3.05) is 50.0 Å². The van der Waals surface area contributed by atoms with Gasteiger partial charge in [-0.3, -0.25) is 19.3 Å². The van der Waals surface area contributed by atoms with E-state index >= 15 is 0 Å². The quantitative estimate of drug-likeness (QED) is 0.747. The molecule has 1 N–H and O–H groups in total. The minimum absolute atomic E-state index is 0.0277. The van der Waals surface area contributed by atoms with Crippen molar-refractivity contribution >= 4 is 29.1 Å². The topological polar surface area (TPSA) is 73.0 Å². The first-order valence-corrected chi connectivity index (χ1v) is 10.4. The van der Waals surface area contributed by atoms with Crippen LogP contribution in [0.3, 0.4) is 0 Å². The molecule has 4 rings (SSSR count). The van der Waals surface area contributed by atoms with E-state index in [9.17, 15) is 18.8 Å². The van der Waals surface area contributed by atoms with Gasteiger partial charge in [0.05, 0.1) is 16.8 Å². The van der Waals surface area contributed by atoms with Gasteiger partial charge in [-0.25, -0.2) is 4.39 Å². The van der Waals surface area contributed by atoms with Gasteiger partial charge < -0.3 is 15.1 Å². The molecule has 2 aromatic carbocycles. The number of amides is 3. The molecule has 31 heavy (non-hydrogen) atoms. The predicted octanol–water partition coefficient (Wildman–Crippen LogP) is 2.59. The van der Waals surface area contributed by atoms with Crippen molar-refractivity contribution in [3.63, 3.8) is 0 Å². The predicted molar refractivity (Wildman–Crippen MR) is 116 cm³/mol. The lowest BCUT2D eigenvalue weighted by molar-refractivity contribution is -0.116. The Kier molecular flexibility index (Phi) is 5.99. The highest BCUT2D eigenvalue weighted by molar-refractivity contribution is 6.21. The number of imide groups is 1. The zero-order valence-electron chi connectivity index (χ0n) is 17.4. The van der Waals surface area contributed by atoms with Crippen molar-refractivity contribution < 1.29 is 18.8 Å². The number of carbonyl (C=O) groups excluding carboxylic acids is 3. The summed E-state index contributed by atoms with van der Waals surface area (Å²) in [6.45, 7) is 3.36. The Morgan fingerprint density at radius 2 is 1.71 bits per heavy atom. The zero-order valence-corrected chi connectivity index (χ0v) is 17.4. The molecule has 1 fully saturated rings. The molecule has 2 aliphatic heterocycles. The summed E-state index contributed by atoms with van der Waals surface area (Å²) in [6.07, 6.45) is 0.902. The van der Waals surface area contributed by atoms with Crippen LogP contribution in [0.4, 0.5) is 15.8 Å². The van der Waals surface area contributed by atoms with Gasteiger partial charge in [0.2, 0.25) is 5.91 Å². The number of fused-ring (bicyclic) bond motifs is 1. The Labute approximate surface area is 180 Å². The summed E-state index contributed by atoms with van der Waals surface area (Å²) in [5.74, 6) is -1.57. The molecule has 0 bridgehead atoms. The number of carbonyl (C=O) groups is 3. The molecule has 2 heterocycles. The molecule has 1 saturated heterocycles. The van der Waals surface area contributed by atoms with Crippen LogP contribution < -0.4 is 10.2 Å². The van der Waals surface area contributed by atoms with Crippen molar-refractivity contribution in [2.45, 2.75) is 12.8 Å². The second-order valence-electron chi connectivity index (χ2n) is 7.92. The van der Waals surface area contributed by atoms with Gasteiger partial charge in [-0.05, 0) is 50.3 Å². The highest BCUT2D eigenvalue weighted by Gasteiger charge is 2.34. The third-order valence-corrected chi connectivity index (χ3v) is 5.73. The number of likely N-dealkylation sites (N-methyl/N-ethyl adjacent to an activating group) is 1. The number of benzene rings is 2. The number of nitrogens with zero attached hydrogens (tertiary/aromatic N) is 3. The molecular formula is C23H25FN4O3. The summed E-state index contributed by atoms with van der Waals surface area (Å²) in [7, 11) is 2.06. The van der Waals surface area contributed by atoms with Crippen molar-refractivity contribution in [3.8, 4) is 0 Å². The summed E-state index contributed by atoms with van der Waals surface area (Å²) in [4.78, 5) is 42.4. The first-order valence-electron chi connectivity index (χ1n) is 10.4. The lowest BCUT2D eigenvalue weighted by Gasteiger charge is -2.23. The van der Waals surface area contributed by atoms with E-state index in [1.54, 1.807) is 36.4 Å². The van der Waals surface area contributed by atoms with Crippen LogP contribution in [0.5, 0.6) is 0 Å². The normalized spacial score (nSPS) is 17.0. The molecule has 2 aromatic rings. The molecule has 2 aliphatic rings. The Balaban J connectivity index is 1.34. The average Bonchev–Trinajstić information content (AvgIpc) is 2.87. The average molecular weight is 424 g/mol. The molecule has 3 amide bonds. The van der Waals surface area contributed by atoms with Gasteiger partial charge >= 0.3 is 0 Å². The Morgan fingerprint density at radius 1 is 1.00 bits per heavy atom. The Bertz CT molecular complexity index is 991. The van der Waals surface area contributed by atoms with E-state index in [-0.39, 0.29) is 24.7 Å². The van der Waals surface area contributed by atoms with Crippen LogP contribution in [0.2, 0.25) is 0 Å². The van der Waals surface area contributed by atoms with E-state index in [4.69, 9.17) is 0 Å². The molecule has 0 radical (unpaired) electrons. The summed E-state index contributed by atoms with van der Waals surface area (Å²) in [5, 5.41) is 2.65. The SMILES string of the molecule is CN1CCCN(c2ccc(NC(=O)CCN3C(=O)c4ccccc4C3=O)cc2F)CC1. The summed E-state index contributed by atoms with van der Waals surface area (Å²) >= 11 is 0.